The topological polar surface area (TPSA) is 34.1 Å². The van der Waals surface area contributed by atoms with Gasteiger partial charge >= 0.3 is 0 Å². The molecule has 15 heavy (non-hydrogen) atoms. The highest BCUT2D eigenvalue weighted by Crippen LogP contribution is 2.13. The molecule has 84 valence electrons. The first-order chi connectivity index (χ1) is 7.34. The van der Waals surface area contributed by atoms with Crippen LogP contribution in [0.15, 0.2) is 5.38 Å². The maximum atomic E-state index is 5.62. The van der Waals surface area contributed by atoms with Crippen LogP contribution in [0.25, 0.3) is 0 Å². The Morgan fingerprint density at radius 3 is 3.27 bits per heavy atom. The van der Waals surface area contributed by atoms with Crippen molar-refractivity contribution in [3.63, 3.8) is 0 Å². The Bertz CT molecular complexity index is 295. The molecule has 0 amide bonds. The molecule has 1 fully saturated rings. The summed E-state index contributed by atoms with van der Waals surface area (Å²) in [6.07, 6.45) is 2.48. The van der Waals surface area contributed by atoms with Gasteiger partial charge in [-0.2, -0.15) is 0 Å². The van der Waals surface area contributed by atoms with Crippen LogP contribution >= 0.6 is 11.3 Å². The molecule has 0 aromatic carbocycles. The van der Waals surface area contributed by atoms with Gasteiger partial charge in [0.05, 0.1) is 6.61 Å². The fraction of sp³-hybridized carbons (Fsp3) is 0.727. The van der Waals surface area contributed by atoms with Crippen molar-refractivity contribution in [3.8, 4) is 0 Å². The number of aromatic nitrogens is 1. The number of hydrogen-bond acceptors (Lipinski definition) is 4. The molecule has 0 bridgehead atoms. The van der Waals surface area contributed by atoms with E-state index < -0.39 is 0 Å². The van der Waals surface area contributed by atoms with Crippen LogP contribution in [0.2, 0.25) is 0 Å². The van der Waals surface area contributed by atoms with Gasteiger partial charge in [0.25, 0.3) is 0 Å². The lowest BCUT2D eigenvalue weighted by Crippen LogP contribution is -2.10. The molecule has 4 heteroatoms. The van der Waals surface area contributed by atoms with E-state index in [4.69, 9.17) is 4.74 Å². The lowest BCUT2D eigenvalue weighted by atomic mass is 10.1. The molecule has 1 unspecified atom stereocenters. The summed E-state index contributed by atoms with van der Waals surface area (Å²) >= 11 is 1.68. The summed E-state index contributed by atoms with van der Waals surface area (Å²) in [7, 11) is 0. The molecule has 0 saturated carbocycles. The summed E-state index contributed by atoms with van der Waals surface area (Å²) in [6, 6.07) is 0. The normalized spacial score (nSPS) is 21.0. The molecule has 1 aromatic heterocycles. The number of nitrogens with zero attached hydrogens (tertiary/aromatic N) is 1. The predicted molar refractivity (Wildman–Crippen MR) is 62.1 cm³/mol. The second kappa shape index (κ2) is 5.58. The van der Waals surface area contributed by atoms with Crippen LogP contribution in [0, 0.1) is 12.8 Å². The quantitative estimate of drug-likeness (QED) is 0.779. The number of nitrogens with one attached hydrogen (secondary N) is 1. The standard InChI is InChI=1S/C11H18N2OS/c1-9-8-15-11(13-9)7-14-5-3-10-2-4-12-6-10/h8,10,12H,2-7H2,1H3. The van der Waals surface area contributed by atoms with Gasteiger partial charge in [-0.3, -0.25) is 0 Å². The van der Waals surface area contributed by atoms with Crippen LogP contribution in [0.1, 0.15) is 23.5 Å². The Morgan fingerprint density at radius 1 is 1.67 bits per heavy atom. The minimum absolute atomic E-state index is 0.679. The number of ether oxygens (including phenoxy) is 1. The number of rotatable bonds is 5. The van der Waals surface area contributed by atoms with E-state index in [-0.39, 0.29) is 0 Å². The van der Waals surface area contributed by atoms with Crippen molar-refractivity contribution in [2.24, 2.45) is 5.92 Å². The summed E-state index contributed by atoms with van der Waals surface area (Å²) in [5.41, 5.74) is 1.10. The lowest BCUT2D eigenvalue weighted by molar-refractivity contribution is 0.109. The molecule has 0 spiro atoms. The number of thiazole rings is 1. The molecule has 2 heterocycles. The first kappa shape index (κ1) is 11.0. The van der Waals surface area contributed by atoms with Gasteiger partial charge in [-0.15, -0.1) is 11.3 Å². The van der Waals surface area contributed by atoms with Crippen LogP contribution in [-0.2, 0) is 11.3 Å². The molecule has 0 radical (unpaired) electrons. The summed E-state index contributed by atoms with van der Waals surface area (Å²) in [4.78, 5) is 4.36. The van der Waals surface area contributed by atoms with Crippen LogP contribution in [-0.4, -0.2) is 24.7 Å². The average Bonchev–Trinajstić information content (AvgIpc) is 2.84. The van der Waals surface area contributed by atoms with Gasteiger partial charge in [0.15, 0.2) is 0 Å². The predicted octanol–water partition coefficient (Wildman–Crippen LogP) is 1.97. The molecule has 1 aliphatic heterocycles. The Hall–Kier alpha value is -0.450. The zero-order valence-corrected chi connectivity index (χ0v) is 9.98. The number of aryl methyl sites for hydroxylation is 1. The monoisotopic (exact) mass is 226 g/mol. The van der Waals surface area contributed by atoms with Crippen LogP contribution in [0.5, 0.6) is 0 Å². The van der Waals surface area contributed by atoms with Crippen molar-refractivity contribution >= 4 is 11.3 Å². The summed E-state index contributed by atoms with van der Waals surface area (Å²) in [6.45, 7) is 5.91. The van der Waals surface area contributed by atoms with E-state index in [1.54, 1.807) is 11.3 Å². The first-order valence-corrected chi connectivity index (χ1v) is 6.42. The van der Waals surface area contributed by atoms with Crippen molar-refractivity contribution in [3.05, 3.63) is 16.1 Å². The van der Waals surface area contributed by atoms with Gasteiger partial charge in [-0.25, -0.2) is 4.98 Å². The van der Waals surface area contributed by atoms with Crippen molar-refractivity contribution in [1.29, 1.82) is 0 Å². The molecule has 1 atom stereocenters. The van der Waals surface area contributed by atoms with Gasteiger partial charge in [0.2, 0.25) is 0 Å². The molecular formula is C11H18N2OS. The van der Waals surface area contributed by atoms with Crippen molar-refractivity contribution in [2.75, 3.05) is 19.7 Å². The Morgan fingerprint density at radius 2 is 2.60 bits per heavy atom. The summed E-state index contributed by atoms with van der Waals surface area (Å²) < 4.78 is 5.62. The van der Waals surface area contributed by atoms with E-state index in [0.717, 1.165) is 23.2 Å². The molecule has 1 N–H and O–H groups in total. The third kappa shape index (κ3) is 3.55. The Balaban J connectivity index is 1.58. The van der Waals surface area contributed by atoms with Crippen LogP contribution < -0.4 is 5.32 Å². The molecule has 3 nitrogen and oxygen atoms in total. The van der Waals surface area contributed by atoms with Gasteiger partial charge in [-0.05, 0) is 38.8 Å². The molecule has 1 aromatic rings. The smallest absolute Gasteiger partial charge is 0.119 e. The largest absolute Gasteiger partial charge is 0.374 e. The van der Waals surface area contributed by atoms with E-state index in [2.05, 4.69) is 15.7 Å². The van der Waals surface area contributed by atoms with E-state index >= 15 is 0 Å². The highest BCUT2D eigenvalue weighted by Gasteiger charge is 2.13. The number of hydrogen-bond donors (Lipinski definition) is 1. The second-order valence-corrected chi connectivity index (χ2v) is 5.03. The molecule has 1 saturated heterocycles. The second-order valence-electron chi connectivity index (χ2n) is 4.08. The van der Waals surface area contributed by atoms with Crippen molar-refractivity contribution in [1.82, 2.24) is 10.3 Å². The maximum Gasteiger partial charge on any atom is 0.119 e. The highest BCUT2D eigenvalue weighted by molar-refractivity contribution is 7.09. The first-order valence-electron chi connectivity index (χ1n) is 5.54. The lowest BCUT2D eigenvalue weighted by Gasteiger charge is -2.07. The minimum atomic E-state index is 0.679. The third-order valence-electron chi connectivity index (χ3n) is 2.72. The molecule has 0 aliphatic carbocycles. The SMILES string of the molecule is Cc1csc(COCCC2CCNC2)n1. The van der Waals surface area contributed by atoms with Crippen molar-refractivity contribution < 1.29 is 4.74 Å². The van der Waals surface area contributed by atoms with E-state index in [0.29, 0.717) is 6.61 Å². The van der Waals surface area contributed by atoms with Crippen molar-refractivity contribution in [2.45, 2.75) is 26.4 Å². The van der Waals surface area contributed by atoms with Gasteiger partial charge in [0.1, 0.15) is 5.01 Å². The minimum Gasteiger partial charge on any atom is -0.374 e. The fourth-order valence-corrected chi connectivity index (χ4v) is 2.55. The fourth-order valence-electron chi connectivity index (χ4n) is 1.84. The van der Waals surface area contributed by atoms with Crippen LogP contribution in [0.3, 0.4) is 0 Å². The summed E-state index contributed by atoms with van der Waals surface area (Å²) in [5.74, 6) is 0.822. The summed E-state index contributed by atoms with van der Waals surface area (Å²) in [5, 5.41) is 6.53. The third-order valence-corrected chi connectivity index (χ3v) is 3.67. The van der Waals surface area contributed by atoms with E-state index in [1.807, 2.05) is 6.92 Å². The molecular weight excluding hydrogens is 208 g/mol. The van der Waals surface area contributed by atoms with Gasteiger partial charge in [-0.1, -0.05) is 0 Å². The zero-order valence-electron chi connectivity index (χ0n) is 9.16. The van der Waals surface area contributed by atoms with Gasteiger partial charge < -0.3 is 10.1 Å². The molecule has 1 aliphatic rings. The van der Waals surface area contributed by atoms with E-state index in [9.17, 15) is 0 Å². The molecule has 2 rings (SSSR count). The highest BCUT2D eigenvalue weighted by atomic mass is 32.1. The maximum absolute atomic E-state index is 5.62. The van der Waals surface area contributed by atoms with Crippen LogP contribution in [0.4, 0.5) is 0 Å². The zero-order chi connectivity index (χ0) is 10.5. The average molecular weight is 226 g/mol. The Kier molecular flexibility index (Phi) is 4.11. The van der Waals surface area contributed by atoms with E-state index in [1.165, 1.54) is 25.9 Å². The Labute approximate surface area is 94.9 Å². The van der Waals surface area contributed by atoms with Gasteiger partial charge in [0, 0.05) is 17.7 Å².